The quantitative estimate of drug-likeness (QED) is 0.579. The van der Waals surface area contributed by atoms with Crippen LogP contribution in [-0.4, -0.2) is 0 Å². The van der Waals surface area contributed by atoms with Crippen molar-refractivity contribution >= 4 is 0 Å². The lowest BCUT2D eigenvalue weighted by atomic mass is 10.0. The summed E-state index contributed by atoms with van der Waals surface area (Å²) in [6.07, 6.45) is 7.38. The smallest absolute Gasteiger partial charge is 0.0353 e. The summed E-state index contributed by atoms with van der Waals surface area (Å²) < 4.78 is 0. The SMILES string of the molecule is C#Cc1[c]cc(CC)cc1CC. The Labute approximate surface area is 74.6 Å². The van der Waals surface area contributed by atoms with Crippen molar-refractivity contribution in [2.75, 3.05) is 0 Å². The van der Waals surface area contributed by atoms with Crippen molar-refractivity contribution < 1.29 is 0 Å². The van der Waals surface area contributed by atoms with Crippen LogP contribution in [0.2, 0.25) is 0 Å². The van der Waals surface area contributed by atoms with Crippen LogP contribution in [0.4, 0.5) is 0 Å². The Morgan fingerprint density at radius 2 is 2.17 bits per heavy atom. The van der Waals surface area contributed by atoms with Gasteiger partial charge in [0.05, 0.1) is 0 Å². The minimum atomic E-state index is 0.912. The molecule has 0 nitrogen and oxygen atoms in total. The molecule has 0 N–H and O–H groups in total. The fourth-order valence-electron chi connectivity index (χ4n) is 1.21. The minimum Gasteiger partial charge on any atom is -0.115 e. The van der Waals surface area contributed by atoms with Crippen LogP contribution in [0.25, 0.3) is 0 Å². The molecule has 0 atom stereocenters. The third kappa shape index (κ3) is 1.68. The molecule has 0 saturated carbocycles. The molecule has 0 amide bonds. The highest BCUT2D eigenvalue weighted by atomic mass is 14.0. The van der Waals surface area contributed by atoms with Crippen molar-refractivity contribution in [2.24, 2.45) is 0 Å². The summed E-state index contributed by atoms with van der Waals surface area (Å²) in [7, 11) is 0. The highest BCUT2D eigenvalue weighted by molar-refractivity contribution is 5.41. The highest BCUT2D eigenvalue weighted by Crippen LogP contribution is 2.11. The third-order valence-electron chi connectivity index (χ3n) is 2.02. The van der Waals surface area contributed by atoms with Gasteiger partial charge in [-0.1, -0.05) is 25.8 Å². The Bertz CT molecular complexity index is 302. The summed E-state index contributed by atoms with van der Waals surface area (Å²) in [6.45, 7) is 4.25. The molecule has 1 rings (SSSR count). The van der Waals surface area contributed by atoms with Gasteiger partial charge in [0.25, 0.3) is 0 Å². The summed E-state index contributed by atoms with van der Waals surface area (Å²) in [6, 6.07) is 7.27. The van der Waals surface area contributed by atoms with E-state index in [-0.39, 0.29) is 0 Å². The molecule has 0 aromatic heterocycles. The van der Waals surface area contributed by atoms with E-state index in [4.69, 9.17) is 6.42 Å². The number of hydrogen-bond donors (Lipinski definition) is 0. The predicted molar refractivity (Wildman–Crippen MR) is 52.0 cm³/mol. The summed E-state index contributed by atoms with van der Waals surface area (Å²) >= 11 is 0. The van der Waals surface area contributed by atoms with E-state index in [1.165, 1.54) is 11.1 Å². The number of terminal acetylenes is 1. The number of hydrogen-bond acceptors (Lipinski definition) is 0. The van der Waals surface area contributed by atoms with Crippen molar-refractivity contribution in [1.29, 1.82) is 0 Å². The van der Waals surface area contributed by atoms with E-state index in [2.05, 4.69) is 31.9 Å². The first kappa shape index (κ1) is 8.87. The normalized spacial score (nSPS) is 9.42. The average Bonchev–Trinajstić information content (AvgIpc) is 2.16. The van der Waals surface area contributed by atoms with Crippen molar-refractivity contribution in [3.63, 3.8) is 0 Å². The molecule has 1 radical (unpaired) electrons. The van der Waals surface area contributed by atoms with Crippen LogP contribution in [0.5, 0.6) is 0 Å². The summed E-state index contributed by atoms with van der Waals surface area (Å²) in [5, 5.41) is 0. The van der Waals surface area contributed by atoms with Gasteiger partial charge in [-0.15, -0.1) is 6.42 Å². The second kappa shape index (κ2) is 3.97. The van der Waals surface area contributed by atoms with Crippen LogP contribution in [0.15, 0.2) is 12.1 Å². The lowest BCUT2D eigenvalue weighted by Crippen LogP contribution is -1.90. The zero-order valence-electron chi connectivity index (χ0n) is 7.65. The molecule has 0 unspecified atom stereocenters. The van der Waals surface area contributed by atoms with Crippen LogP contribution in [0.3, 0.4) is 0 Å². The summed E-state index contributed by atoms with van der Waals surface area (Å²) in [5.41, 5.74) is 3.46. The van der Waals surface area contributed by atoms with Crippen LogP contribution < -0.4 is 0 Å². The molecule has 1 aromatic rings. The van der Waals surface area contributed by atoms with Crippen LogP contribution in [-0.2, 0) is 12.8 Å². The maximum absolute atomic E-state index is 5.34. The van der Waals surface area contributed by atoms with E-state index in [0.29, 0.717) is 0 Å². The zero-order valence-corrected chi connectivity index (χ0v) is 7.65. The van der Waals surface area contributed by atoms with E-state index >= 15 is 0 Å². The molecule has 61 valence electrons. The molecule has 0 aliphatic rings. The summed E-state index contributed by atoms with van der Waals surface area (Å²) in [4.78, 5) is 0. The van der Waals surface area contributed by atoms with Gasteiger partial charge in [-0.05, 0) is 36.1 Å². The Kier molecular flexibility index (Phi) is 2.94. The molecule has 0 saturated heterocycles. The maximum Gasteiger partial charge on any atom is 0.0353 e. The monoisotopic (exact) mass is 157 g/mol. The second-order valence-corrected chi connectivity index (χ2v) is 2.76. The van der Waals surface area contributed by atoms with Crippen molar-refractivity contribution in [3.05, 3.63) is 34.9 Å². The van der Waals surface area contributed by atoms with Gasteiger partial charge >= 0.3 is 0 Å². The molecule has 12 heavy (non-hydrogen) atoms. The van der Waals surface area contributed by atoms with E-state index in [1.54, 1.807) is 0 Å². The van der Waals surface area contributed by atoms with Gasteiger partial charge < -0.3 is 0 Å². The lowest BCUT2D eigenvalue weighted by molar-refractivity contribution is 1.08. The molecule has 0 aliphatic heterocycles. The van der Waals surface area contributed by atoms with Crippen LogP contribution >= 0.6 is 0 Å². The average molecular weight is 157 g/mol. The van der Waals surface area contributed by atoms with Gasteiger partial charge in [-0.25, -0.2) is 0 Å². The van der Waals surface area contributed by atoms with Gasteiger partial charge in [0.2, 0.25) is 0 Å². The fraction of sp³-hybridized carbons (Fsp3) is 0.333. The predicted octanol–water partition coefficient (Wildman–Crippen LogP) is 2.59. The third-order valence-corrected chi connectivity index (χ3v) is 2.02. The Morgan fingerprint density at radius 3 is 2.67 bits per heavy atom. The molecular weight excluding hydrogens is 144 g/mol. The van der Waals surface area contributed by atoms with Gasteiger partial charge in [0.1, 0.15) is 0 Å². The van der Waals surface area contributed by atoms with Crippen LogP contribution in [0, 0.1) is 18.4 Å². The maximum atomic E-state index is 5.34. The largest absolute Gasteiger partial charge is 0.115 e. The van der Waals surface area contributed by atoms with E-state index in [0.717, 1.165) is 18.4 Å². The molecule has 1 aromatic carbocycles. The molecule has 0 spiro atoms. The second-order valence-electron chi connectivity index (χ2n) is 2.76. The van der Waals surface area contributed by atoms with Gasteiger partial charge in [-0.3, -0.25) is 0 Å². The zero-order chi connectivity index (χ0) is 8.97. The Balaban J connectivity index is 3.13. The van der Waals surface area contributed by atoms with Crippen molar-refractivity contribution in [2.45, 2.75) is 26.7 Å². The first-order valence-electron chi connectivity index (χ1n) is 4.31. The molecule has 0 heterocycles. The van der Waals surface area contributed by atoms with Crippen LogP contribution in [0.1, 0.15) is 30.5 Å². The fourth-order valence-corrected chi connectivity index (χ4v) is 1.21. The first-order chi connectivity index (χ1) is 5.81. The Morgan fingerprint density at radius 1 is 1.42 bits per heavy atom. The van der Waals surface area contributed by atoms with E-state index in [9.17, 15) is 0 Å². The van der Waals surface area contributed by atoms with Gasteiger partial charge in [0.15, 0.2) is 0 Å². The van der Waals surface area contributed by atoms with E-state index in [1.807, 2.05) is 6.07 Å². The highest BCUT2D eigenvalue weighted by Gasteiger charge is 1.98. The molecule has 0 heteroatoms. The van der Waals surface area contributed by atoms with E-state index < -0.39 is 0 Å². The number of rotatable bonds is 2. The molecular formula is C12H13. The van der Waals surface area contributed by atoms with Crippen molar-refractivity contribution in [3.8, 4) is 12.3 Å². The minimum absolute atomic E-state index is 0.912. The van der Waals surface area contributed by atoms with Gasteiger partial charge in [-0.2, -0.15) is 0 Å². The first-order valence-corrected chi connectivity index (χ1v) is 4.31. The molecule has 0 bridgehead atoms. The number of benzene rings is 1. The molecule has 0 fully saturated rings. The number of aryl methyl sites for hydroxylation is 2. The van der Waals surface area contributed by atoms with Crippen molar-refractivity contribution in [1.82, 2.24) is 0 Å². The molecule has 0 aliphatic carbocycles. The topological polar surface area (TPSA) is 0 Å². The standard InChI is InChI=1S/C12H13/c1-4-10-7-8-11(5-2)12(6-3)9-10/h2,7,9H,4,6H2,1,3H3. The Hall–Kier alpha value is -1.22. The summed E-state index contributed by atoms with van der Waals surface area (Å²) in [5.74, 6) is 2.64. The van der Waals surface area contributed by atoms with Gasteiger partial charge in [0, 0.05) is 5.56 Å². The lowest BCUT2D eigenvalue weighted by Gasteiger charge is -2.03.